The van der Waals surface area contributed by atoms with Crippen LogP contribution in [0.25, 0.3) is 0 Å². The maximum atomic E-state index is 12.0. The number of benzene rings is 1. The van der Waals surface area contributed by atoms with Gasteiger partial charge in [0.25, 0.3) is 11.9 Å². The maximum Gasteiger partial charge on any atom is 0.270 e. The van der Waals surface area contributed by atoms with Gasteiger partial charge in [0.15, 0.2) is 0 Å². The zero-order valence-electron chi connectivity index (χ0n) is 9.84. The molecule has 1 aromatic carbocycles. The summed E-state index contributed by atoms with van der Waals surface area (Å²) < 4.78 is 0. The molecule has 0 aliphatic carbocycles. The van der Waals surface area contributed by atoms with Crippen LogP contribution >= 0.6 is 0 Å². The predicted molar refractivity (Wildman–Crippen MR) is 63.7 cm³/mol. The summed E-state index contributed by atoms with van der Waals surface area (Å²) in [4.78, 5) is 13.3. The molecule has 0 atom stereocenters. The van der Waals surface area contributed by atoms with Crippen molar-refractivity contribution in [3.8, 4) is 0 Å². The second-order valence-electron chi connectivity index (χ2n) is 4.14. The van der Waals surface area contributed by atoms with E-state index < -0.39 is 0 Å². The van der Waals surface area contributed by atoms with E-state index in [1.807, 2.05) is 12.1 Å². The Kier molecular flexibility index (Phi) is 2.52. The van der Waals surface area contributed by atoms with E-state index in [0.717, 1.165) is 18.7 Å². The first-order chi connectivity index (χ1) is 8.72. The first-order valence-electron chi connectivity index (χ1n) is 5.60. The molecule has 1 aromatic heterocycles. The maximum absolute atomic E-state index is 12.0. The van der Waals surface area contributed by atoms with Crippen molar-refractivity contribution in [1.29, 1.82) is 0 Å². The van der Waals surface area contributed by atoms with Gasteiger partial charge < -0.3 is 5.32 Å². The summed E-state index contributed by atoms with van der Waals surface area (Å²) in [6, 6.07) is 5.66. The molecule has 0 fully saturated rings. The van der Waals surface area contributed by atoms with Gasteiger partial charge in [0.1, 0.15) is 0 Å². The van der Waals surface area contributed by atoms with Gasteiger partial charge in [-0.15, -0.1) is 5.10 Å². The lowest BCUT2D eigenvalue weighted by molar-refractivity contribution is 0.102. The Balaban J connectivity index is 1.80. The van der Waals surface area contributed by atoms with E-state index in [1.54, 1.807) is 13.1 Å². The number of nitrogens with zero attached hydrogens (tertiary/aromatic N) is 4. The number of aryl methyl sites for hydroxylation is 1. The van der Waals surface area contributed by atoms with E-state index in [2.05, 4.69) is 26.0 Å². The molecule has 1 amide bonds. The normalized spacial score (nSPS) is 13.4. The van der Waals surface area contributed by atoms with Gasteiger partial charge in [-0.05, 0) is 28.5 Å². The van der Waals surface area contributed by atoms with Crippen LogP contribution in [0.3, 0.4) is 0 Å². The lowest BCUT2D eigenvalue weighted by atomic mass is 10.1. The summed E-state index contributed by atoms with van der Waals surface area (Å²) in [7, 11) is 1.64. The second kappa shape index (κ2) is 4.19. The van der Waals surface area contributed by atoms with Crippen molar-refractivity contribution in [3.63, 3.8) is 0 Å². The van der Waals surface area contributed by atoms with Crippen molar-refractivity contribution in [2.24, 2.45) is 7.05 Å². The molecule has 2 N–H and O–H groups in total. The van der Waals surface area contributed by atoms with Crippen LogP contribution in [0.1, 0.15) is 21.5 Å². The largest absolute Gasteiger partial charge is 0.309 e. The number of aromatic nitrogens is 4. The van der Waals surface area contributed by atoms with E-state index in [0.29, 0.717) is 5.56 Å². The average molecular weight is 244 g/mol. The first kappa shape index (κ1) is 10.8. The lowest BCUT2D eigenvalue weighted by Gasteiger charge is -2.03. The number of rotatable bonds is 2. The fourth-order valence-electron chi connectivity index (χ4n) is 1.94. The zero-order valence-corrected chi connectivity index (χ0v) is 9.84. The molecule has 0 saturated heterocycles. The molecular formula is C11H12N6O. The standard InChI is InChI=1S/C11H12N6O/c1-17-15-11(14-16-17)13-10(18)7-2-3-8-5-12-6-9(8)4-7/h2-4,12H,5-6H2,1H3,(H,13,15,18). The molecule has 2 aromatic rings. The molecule has 2 heterocycles. The minimum atomic E-state index is -0.224. The average Bonchev–Trinajstić information content (AvgIpc) is 2.96. The summed E-state index contributed by atoms with van der Waals surface area (Å²) in [6.07, 6.45) is 0. The number of nitrogens with one attached hydrogen (secondary N) is 2. The molecular weight excluding hydrogens is 232 g/mol. The topological polar surface area (TPSA) is 84.7 Å². The quantitative estimate of drug-likeness (QED) is 0.780. The minimum absolute atomic E-state index is 0.209. The van der Waals surface area contributed by atoms with Crippen molar-refractivity contribution in [1.82, 2.24) is 25.5 Å². The molecule has 0 spiro atoms. The Hall–Kier alpha value is -2.28. The van der Waals surface area contributed by atoms with E-state index in [4.69, 9.17) is 0 Å². The van der Waals surface area contributed by atoms with Crippen LogP contribution in [0.15, 0.2) is 18.2 Å². The number of anilines is 1. The van der Waals surface area contributed by atoms with Crippen molar-refractivity contribution >= 4 is 11.9 Å². The first-order valence-corrected chi connectivity index (χ1v) is 5.60. The number of amides is 1. The predicted octanol–water partition coefficient (Wildman–Crippen LogP) is 0.0656. The Morgan fingerprint density at radius 1 is 1.39 bits per heavy atom. The van der Waals surface area contributed by atoms with E-state index >= 15 is 0 Å². The number of tetrazole rings is 1. The lowest BCUT2D eigenvalue weighted by Crippen LogP contribution is -2.13. The van der Waals surface area contributed by atoms with Crippen molar-refractivity contribution in [2.45, 2.75) is 13.1 Å². The van der Waals surface area contributed by atoms with Crippen LogP contribution in [-0.2, 0) is 20.1 Å². The zero-order chi connectivity index (χ0) is 12.5. The van der Waals surface area contributed by atoms with E-state index in [-0.39, 0.29) is 11.9 Å². The van der Waals surface area contributed by atoms with Crippen LogP contribution in [-0.4, -0.2) is 26.1 Å². The molecule has 7 nitrogen and oxygen atoms in total. The van der Waals surface area contributed by atoms with Crippen LogP contribution in [0.5, 0.6) is 0 Å². The van der Waals surface area contributed by atoms with Crippen LogP contribution in [0.4, 0.5) is 5.95 Å². The highest BCUT2D eigenvalue weighted by Gasteiger charge is 2.14. The third kappa shape index (κ3) is 1.95. The van der Waals surface area contributed by atoms with Crippen LogP contribution < -0.4 is 10.6 Å². The number of fused-ring (bicyclic) bond motifs is 1. The number of carbonyl (C=O) groups is 1. The van der Waals surface area contributed by atoms with Gasteiger partial charge in [0.2, 0.25) is 0 Å². The van der Waals surface area contributed by atoms with Crippen molar-refractivity contribution < 1.29 is 4.79 Å². The van der Waals surface area contributed by atoms with Gasteiger partial charge in [0.05, 0.1) is 7.05 Å². The molecule has 0 radical (unpaired) electrons. The van der Waals surface area contributed by atoms with Crippen LogP contribution in [0.2, 0.25) is 0 Å². The highest BCUT2D eigenvalue weighted by Crippen LogP contribution is 2.17. The number of hydrogen-bond donors (Lipinski definition) is 2. The van der Waals surface area contributed by atoms with E-state index in [1.165, 1.54) is 10.4 Å². The third-order valence-electron chi connectivity index (χ3n) is 2.83. The Morgan fingerprint density at radius 2 is 2.22 bits per heavy atom. The van der Waals surface area contributed by atoms with Crippen molar-refractivity contribution in [2.75, 3.05) is 5.32 Å². The Labute approximate surface area is 103 Å². The van der Waals surface area contributed by atoms with Gasteiger partial charge in [-0.25, -0.2) is 0 Å². The number of hydrogen-bond acceptors (Lipinski definition) is 5. The Bertz CT molecular complexity index is 605. The molecule has 7 heteroatoms. The SMILES string of the molecule is Cn1nnc(NC(=O)c2ccc3c(c2)CNC3)n1. The van der Waals surface area contributed by atoms with Gasteiger partial charge in [-0.2, -0.15) is 4.80 Å². The highest BCUT2D eigenvalue weighted by atomic mass is 16.1. The molecule has 18 heavy (non-hydrogen) atoms. The molecule has 92 valence electrons. The van der Waals surface area contributed by atoms with Gasteiger partial charge >= 0.3 is 0 Å². The van der Waals surface area contributed by atoms with E-state index in [9.17, 15) is 4.79 Å². The highest BCUT2D eigenvalue weighted by molar-refractivity contribution is 6.03. The smallest absolute Gasteiger partial charge is 0.270 e. The van der Waals surface area contributed by atoms with Crippen LogP contribution in [0, 0.1) is 0 Å². The Morgan fingerprint density at radius 3 is 3.00 bits per heavy atom. The summed E-state index contributed by atoms with van der Waals surface area (Å²) >= 11 is 0. The summed E-state index contributed by atoms with van der Waals surface area (Å²) in [5.41, 5.74) is 3.00. The van der Waals surface area contributed by atoms with Gasteiger partial charge in [-0.1, -0.05) is 11.2 Å². The molecule has 0 bridgehead atoms. The van der Waals surface area contributed by atoms with Gasteiger partial charge in [0, 0.05) is 18.7 Å². The molecule has 0 saturated carbocycles. The molecule has 0 unspecified atom stereocenters. The second-order valence-corrected chi connectivity index (χ2v) is 4.14. The molecule has 3 rings (SSSR count). The summed E-state index contributed by atoms with van der Waals surface area (Å²) in [5.74, 6) is -0.0150. The molecule has 1 aliphatic rings. The number of carbonyl (C=O) groups excluding carboxylic acids is 1. The minimum Gasteiger partial charge on any atom is -0.309 e. The van der Waals surface area contributed by atoms with Gasteiger partial charge in [-0.3, -0.25) is 10.1 Å². The molecule has 1 aliphatic heterocycles. The summed E-state index contributed by atoms with van der Waals surface area (Å²) in [5, 5.41) is 17.1. The van der Waals surface area contributed by atoms with Crippen molar-refractivity contribution in [3.05, 3.63) is 34.9 Å². The third-order valence-corrected chi connectivity index (χ3v) is 2.83. The summed E-state index contributed by atoms with van der Waals surface area (Å²) in [6.45, 7) is 1.67. The monoisotopic (exact) mass is 244 g/mol. The fourth-order valence-corrected chi connectivity index (χ4v) is 1.94. The fraction of sp³-hybridized carbons (Fsp3) is 0.273.